The first-order valence-corrected chi connectivity index (χ1v) is 5.02. The number of hydrogen-bond acceptors (Lipinski definition) is 2. The van der Waals surface area contributed by atoms with Crippen LogP contribution in [0, 0.1) is 6.92 Å². The summed E-state index contributed by atoms with van der Waals surface area (Å²) in [5, 5.41) is 3.49. The molecular weight excluding hydrogens is 231 g/mol. The summed E-state index contributed by atoms with van der Waals surface area (Å²) in [5.41, 5.74) is 2.44. The van der Waals surface area contributed by atoms with Gasteiger partial charge >= 0.3 is 0 Å². The summed E-state index contributed by atoms with van der Waals surface area (Å²) < 4.78 is 0. The lowest BCUT2D eigenvalue weighted by Gasteiger charge is -2.22. The number of aromatic nitrogens is 1. The third kappa shape index (κ3) is 3.98. The second kappa shape index (κ2) is 7.04. The van der Waals surface area contributed by atoms with Gasteiger partial charge in [-0.15, -0.1) is 24.8 Å². The van der Waals surface area contributed by atoms with Crippen LogP contribution >= 0.6 is 24.8 Å². The molecule has 0 bridgehead atoms. The topological polar surface area (TPSA) is 24.9 Å². The van der Waals surface area contributed by atoms with Crippen LogP contribution < -0.4 is 5.32 Å². The Morgan fingerprint density at radius 3 is 2.60 bits per heavy atom. The predicted octanol–water partition coefficient (Wildman–Crippen LogP) is 3.05. The number of nitrogens with one attached hydrogen (secondary N) is 1. The number of halogens is 2. The zero-order valence-corrected chi connectivity index (χ0v) is 10.5. The fourth-order valence-electron chi connectivity index (χ4n) is 1.79. The second-order valence-electron chi connectivity index (χ2n) is 3.76. The maximum atomic E-state index is 4.44. The molecule has 1 atom stereocenters. The molecule has 0 radical (unpaired) electrons. The van der Waals surface area contributed by atoms with Gasteiger partial charge in [-0.05, 0) is 37.9 Å². The molecule has 0 spiro atoms. The molecule has 0 aliphatic carbocycles. The minimum atomic E-state index is 0. The zero-order valence-electron chi connectivity index (χ0n) is 8.90. The maximum absolute atomic E-state index is 4.44. The molecule has 2 rings (SSSR count). The van der Waals surface area contributed by atoms with Crippen molar-refractivity contribution in [3.8, 4) is 0 Å². The summed E-state index contributed by atoms with van der Waals surface area (Å²) in [6, 6.07) is 4.77. The third-order valence-electron chi connectivity index (χ3n) is 2.60. The van der Waals surface area contributed by atoms with Crippen molar-refractivity contribution in [2.45, 2.75) is 32.2 Å². The van der Waals surface area contributed by atoms with Gasteiger partial charge in [0.05, 0.1) is 5.69 Å². The summed E-state index contributed by atoms with van der Waals surface area (Å²) in [7, 11) is 0. The van der Waals surface area contributed by atoms with Gasteiger partial charge in [-0.3, -0.25) is 4.98 Å². The van der Waals surface area contributed by atoms with Gasteiger partial charge in [0.25, 0.3) is 0 Å². The fourth-order valence-corrected chi connectivity index (χ4v) is 1.79. The van der Waals surface area contributed by atoms with Crippen LogP contribution in [0.5, 0.6) is 0 Å². The fraction of sp³-hybridized carbons (Fsp3) is 0.545. The van der Waals surface area contributed by atoms with E-state index in [0.717, 1.165) is 6.54 Å². The minimum absolute atomic E-state index is 0. The predicted molar refractivity (Wildman–Crippen MR) is 68.1 cm³/mol. The largest absolute Gasteiger partial charge is 0.309 e. The molecule has 1 unspecified atom stereocenters. The lowest BCUT2D eigenvalue weighted by atomic mass is 10.0. The Labute approximate surface area is 104 Å². The van der Waals surface area contributed by atoms with Crippen LogP contribution in [0.2, 0.25) is 0 Å². The Kier molecular flexibility index (Phi) is 6.90. The number of hydrogen-bond donors (Lipinski definition) is 1. The van der Waals surface area contributed by atoms with Crippen LogP contribution in [-0.2, 0) is 0 Å². The molecular formula is C11H18Cl2N2. The summed E-state index contributed by atoms with van der Waals surface area (Å²) in [6.45, 7) is 3.21. The Hall–Kier alpha value is -0.310. The van der Waals surface area contributed by atoms with Gasteiger partial charge in [0.2, 0.25) is 0 Å². The number of nitrogens with zero attached hydrogens (tertiary/aromatic N) is 1. The number of aryl methyl sites for hydroxylation is 1. The van der Waals surface area contributed by atoms with Crippen LogP contribution in [0.15, 0.2) is 18.3 Å². The van der Waals surface area contributed by atoms with Crippen molar-refractivity contribution < 1.29 is 0 Å². The Bertz CT molecular complexity index is 268. The SMILES string of the molecule is Cc1ccc(C2CCCCN2)nc1.Cl.Cl. The molecule has 0 amide bonds. The van der Waals surface area contributed by atoms with E-state index in [9.17, 15) is 0 Å². The summed E-state index contributed by atoms with van der Waals surface area (Å²) >= 11 is 0. The molecule has 1 fully saturated rings. The normalized spacial score (nSPS) is 19.9. The van der Waals surface area contributed by atoms with E-state index < -0.39 is 0 Å². The molecule has 1 aliphatic heterocycles. The maximum Gasteiger partial charge on any atom is 0.0573 e. The minimum Gasteiger partial charge on any atom is -0.309 e. The van der Waals surface area contributed by atoms with Gasteiger partial charge in [0.15, 0.2) is 0 Å². The molecule has 0 aromatic carbocycles. The number of pyridine rings is 1. The Balaban J connectivity index is 0.000000980. The average molecular weight is 249 g/mol. The van der Waals surface area contributed by atoms with Gasteiger partial charge < -0.3 is 5.32 Å². The summed E-state index contributed by atoms with van der Waals surface area (Å²) in [5.74, 6) is 0. The van der Waals surface area contributed by atoms with Crippen molar-refractivity contribution in [3.05, 3.63) is 29.6 Å². The highest BCUT2D eigenvalue weighted by molar-refractivity contribution is 5.85. The average Bonchev–Trinajstić information content (AvgIpc) is 2.20. The van der Waals surface area contributed by atoms with Gasteiger partial charge in [0.1, 0.15) is 0 Å². The first kappa shape index (κ1) is 14.7. The first-order valence-electron chi connectivity index (χ1n) is 5.02. The van der Waals surface area contributed by atoms with Crippen molar-refractivity contribution in [2.24, 2.45) is 0 Å². The van der Waals surface area contributed by atoms with E-state index in [-0.39, 0.29) is 24.8 Å². The van der Waals surface area contributed by atoms with Crippen LogP contribution in [0.1, 0.15) is 36.6 Å². The number of piperidine rings is 1. The third-order valence-corrected chi connectivity index (χ3v) is 2.60. The summed E-state index contributed by atoms with van der Waals surface area (Å²) in [6.07, 6.45) is 5.82. The zero-order chi connectivity index (χ0) is 9.10. The van der Waals surface area contributed by atoms with Crippen molar-refractivity contribution in [3.63, 3.8) is 0 Å². The Morgan fingerprint density at radius 1 is 1.27 bits per heavy atom. The van der Waals surface area contributed by atoms with Crippen molar-refractivity contribution in [1.82, 2.24) is 10.3 Å². The summed E-state index contributed by atoms with van der Waals surface area (Å²) in [4.78, 5) is 4.44. The monoisotopic (exact) mass is 248 g/mol. The lowest BCUT2D eigenvalue weighted by Crippen LogP contribution is -2.27. The molecule has 1 N–H and O–H groups in total. The van der Waals surface area contributed by atoms with E-state index in [4.69, 9.17) is 0 Å². The highest BCUT2D eigenvalue weighted by atomic mass is 35.5. The Morgan fingerprint density at radius 2 is 2.07 bits per heavy atom. The van der Waals surface area contributed by atoms with E-state index in [1.165, 1.54) is 30.5 Å². The van der Waals surface area contributed by atoms with E-state index in [0.29, 0.717) is 6.04 Å². The van der Waals surface area contributed by atoms with Gasteiger partial charge in [0, 0.05) is 12.2 Å². The van der Waals surface area contributed by atoms with E-state index in [1.807, 2.05) is 6.20 Å². The van der Waals surface area contributed by atoms with Crippen molar-refractivity contribution >= 4 is 24.8 Å². The van der Waals surface area contributed by atoms with Crippen LogP contribution in [-0.4, -0.2) is 11.5 Å². The van der Waals surface area contributed by atoms with Gasteiger partial charge in [-0.2, -0.15) is 0 Å². The standard InChI is InChI=1S/C11H16N2.2ClH/c1-9-5-6-11(13-8-9)10-4-2-3-7-12-10;;/h5-6,8,10,12H,2-4,7H2,1H3;2*1H. The highest BCUT2D eigenvalue weighted by Gasteiger charge is 2.14. The smallest absolute Gasteiger partial charge is 0.0573 e. The number of rotatable bonds is 1. The second-order valence-corrected chi connectivity index (χ2v) is 3.76. The van der Waals surface area contributed by atoms with Gasteiger partial charge in [-0.1, -0.05) is 12.5 Å². The van der Waals surface area contributed by atoms with Crippen LogP contribution in [0.4, 0.5) is 0 Å². The molecule has 1 aromatic rings. The quantitative estimate of drug-likeness (QED) is 0.827. The molecule has 1 aliphatic rings. The molecule has 1 aromatic heterocycles. The van der Waals surface area contributed by atoms with E-state index in [2.05, 4.69) is 29.4 Å². The van der Waals surface area contributed by atoms with Crippen LogP contribution in [0.25, 0.3) is 0 Å². The molecule has 1 saturated heterocycles. The molecule has 15 heavy (non-hydrogen) atoms. The lowest BCUT2D eigenvalue weighted by molar-refractivity contribution is 0.405. The van der Waals surface area contributed by atoms with Crippen molar-refractivity contribution in [2.75, 3.05) is 6.54 Å². The first-order chi connectivity index (χ1) is 6.36. The molecule has 2 heterocycles. The van der Waals surface area contributed by atoms with Gasteiger partial charge in [-0.25, -0.2) is 0 Å². The van der Waals surface area contributed by atoms with E-state index in [1.54, 1.807) is 0 Å². The molecule has 0 saturated carbocycles. The molecule has 4 heteroatoms. The molecule has 86 valence electrons. The van der Waals surface area contributed by atoms with Crippen molar-refractivity contribution in [1.29, 1.82) is 0 Å². The van der Waals surface area contributed by atoms with E-state index >= 15 is 0 Å². The highest BCUT2D eigenvalue weighted by Crippen LogP contribution is 2.20. The molecule has 2 nitrogen and oxygen atoms in total. The van der Waals surface area contributed by atoms with Crippen LogP contribution in [0.3, 0.4) is 0 Å².